The summed E-state index contributed by atoms with van der Waals surface area (Å²) in [4.78, 5) is 24.8. The van der Waals surface area contributed by atoms with Crippen LogP contribution in [0.15, 0.2) is 36.4 Å². The van der Waals surface area contributed by atoms with E-state index in [0.29, 0.717) is 5.92 Å². The molecule has 1 aromatic rings. The van der Waals surface area contributed by atoms with Crippen LogP contribution in [0.3, 0.4) is 0 Å². The normalized spacial score (nSPS) is 26.8. The molecule has 3 rings (SSSR count). The van der Waals surface area contributed by atoms with Crippen LogP contribution < -0.4 is 0 Å². The number of fused-ring (bicyclic) bond motifs is 1. The summed E-state index contributed by atoms with van der Waals surface area (Å²) in [5, 5.41) is 0. The van der Waals surface area contributed by atoms with Gasteiger partial charge in [-0.3, -0.25) is 14.5 Å². The quantitative estimate of drug-likeness (QED) is 0.689. The Kier molecular flexibility index (Phi) is 2.15. The second-order valence-electron chi connectivity index (χ2n) is 4.66. The standard InChI is InChI=1S/C14H13NO2/c1-9-8-12(11-5-3-2-4-10(9)11)15-13(16)6-7-14(15)17/h2-7,9,12H,8H2,1H3/t9-,12-/m0/s1. The number of imide groups is 1. The van der Waals surface area contributed by atoms with E-state index in [0.717, 1.165) is 12.0 Å². The molecule has 1 aromatic carbocycles. The van der Waals surface area contributed by atoms with Crippen LogP contribution in [0.5, 0.6) is 0 Å². The van der Waals surface area contributed by atoms with Crippen molar-refractivity contribution in [3.05, 3.63) is 47.5 Å². The Hall–Kier alpha value is -1.90. The molecule has 1 heterocycles. The first-order chi connectivity index (χ1) is 8.18. The maximum absolute atomic E-state index is 11.7. The van der Waals surface area contributed by atoms with E-state index < -0.39 is 0 Å². The molecule has 0 aromatic heterocycles. The molecular formula is C14H13NO2. The monoisotopic (exact) mass is 227 g/mol. The molecule has 0 spiro atoms. The van der Waals surface area contributed by atoms with Gasteiger partial charge in [-0.15, -0.1) is 0 Å². The lowest BCUT2D eigenvalue weighted by atomic mass is 10.0. The largest absolute Gasteiger partial charge is 0.269 e. The zero-order chi connectivity index (χ0) is 12.0. The van der Waals surface area contributed by atoms with Crippen LogP contribution in [0, 0.1) is 0 Å². The van der Waals surface area contributed by atoms with Crippen LogP contribution in [0.25, 0.3) is 0 Å². The fraction of sp³-hybridized carbons (Fsp3) is 0.286. The highest BCUT2D eigenvalue weighted by Gasteiger charge is 2.38. The van der Waals surface area contributed by atoms with Crippen molar-refractivity contribution in [1.82, 2.24) is 4.90 Å². The van der Waals surface area contributed by atoms with Gasteiger partial charge in [-0.25, -0.2) is 0 Å². The van der Waals surface area contributed by atoms with Crippen molar-refractivity contribution in [2.24, 2.45) is 0 Å². The Morgan fingerprint density at radius 3 is 2.29 bits per heavy atom. The third-order valence-corrected chi connectivity index (χ3v) is 3.62. The van der Waals surface area contributed by atoms with Gasteiger partial charge >= 0.3 is 0 Å². The first-order valence-electron chi connectivity index (χ1n) is 5.82. The molecule has 3 heteroatoms. The van der Waals surface area contributed by atoms with E-state index in [2.05, 4.69) is 13.0 Å². The van der Waals surface area contributed by atoms with Gasteiger partial charge in [0.1, 0.15) is 0 Å². The van der Waals surface area contributed by atoms with Crippen LogP contribution in [0.4, 0.5) is 0 Å². The lowest BCUT2D eigenvalue weighted by Gasteiger charge is -2.22. The molecule has 0 saturated heterocycles. The zero-order valence-corrected chi connectivity index (χ0v) is 9.59. The Bertz CT molecular complexity index is 515. The number of nitrogens with zero attached hydrogens (tertiary/aromatic N) is 1. The van der Waals surface area contributed by atoms with Gasteiger partial charge < -0.3 is 0 Å². The minimum Gasteiger partial charge on any atom is -0.269 e. The number of carbonyl (C=O) groups is 2. The van der Waals surface area contributed by atoms with E-state index in [1.54, 1.807) is 0 Å². The maximum Gasteiger partial charge on any atom is 0.254 e. The minimum absolute atomic E-state index is 0.0869. The molecule has 1 aliphatic heterocycles. The van der Waals surface area contributed by atoms with Crippen molar-refractivity contribution >= 4 is 11.8 Å². The molecule has 0 N–H and O–H groups in total. The number of hydrogen-bond acceptors (Lipinski definition) is 2. The summed E-state index contributed by atoms with van der Waals surface area (Å²) in [6, 6.07) is 7.98. The van der Waals surface area contributed by atoms with E-state index in [1.807, 2.05) is 18.2 Å². The van der Waals surface area contributed by atoms with Gasteiger partial charge in [0.05, 0.1) is 6.04 Å². The molecule has 0 saturated carbocycles. The maximum atomic E-state index is 11.7. The van der Waals surface area contributed by atoms with Crippen LogP contribution in [-0.2, 0) is 9.59 Å². The Morgan fingerprint density at radius 2 is 1.65 bits per heavy atom. The van der Waals surface area contributed by atoms with Gasteiger partial charge in [0, 0.05) is 12.2 Å². The molecule has 17 heavy (non-hydrogen) atoms. The molecule has 0 fully saturated rings. The van der Waals surface area contributed by atoms with Crippen LogP contribution >= 0.6 is 0 Å². The van der Waals surface area contributed by atoms with Gasteiger partial charge in [-0.2, -0.15) is 0 Å². The molecule has 0 unspecified atom stereocenters. The summed E-state index contributed by atoms with van der Waals surface area (Å²) in [6.07, 6.45) is 3.54. The van der Waals surface area contributed by atoms with E-state index in [4.69, 9.17) is 0 Å². The van der Waals surface area contributed by atoms with Crippen molar-refractivity contribution in [1.29, 1.82) is 0 Å². The third-order valence-electron chi connectivity index (χ3n) is 3.62. The highest BCUT2D eigenvalue weighted by Crippen LogP contribution is 2.43. The predicted octanol–water partition coefficient (Wildman–Crippen LogP) is 2.16. The van der Waals surface area contributed by atoms with Crippen molar-refractivity contribution in [2.45, 2.75) is 25.3 Å². The van der Waals surface area contributed by atoms with Crippen molar-refractivity contribution in [2.75, 3.05) is 0 Å². The second-order valence-corrected chi connectivity index (χ2v) is 4.66. The van der Waals surface area contributed by atoms with Crippen molar-refractivity contribution in [3.63, 3.8) is 0 Å². The van der Waals surface area contributed by atoms with Crippen LogP contribution in [-0.4, -0.2) is 16.7 Å². The summed E-state index contributed by atoms with van der Waals surface area (Å²) in [5.41, 5.74) is 2.37. The van der Waals surface area contributed by atoms with Gasteiger partial charge in [0.25, 0.3) is 11.8 Å². The summed E-state index contributed by atoms with van der Waals surface area (Å²) in [6.45, 7) is 2.14. The number of benzene rings is 1. The number of amides is 2. The Labute approximate surface area is 99.7 Å². The van der Waals surface area contributed by atoms with Gasteiger partial charge in [0.15, 0.2) is 0 Å². The summed E-state index contributed by atoms with van der Waals surface area (Å²) in [7, 11) is 0. The Balaban J connectivity index is 2.02. The Morgan fingerprint density at radius 1 is 1.06 bits per heavy atom. The summed E-state index contributed by atoms with van der Waals surface area (Å²) in [5.74, 6) is 0.0187. The highest BCUT2D eigenvalue weighted by atomic mass is 16.2. The van der Waals surface area contributed by atoms with E-state index >= 15 is 0 Å². The lowest BCUT2D eigenvalue weighted by molar-refractivity contribution is -0.139. The second kappa shape index (κ2) is 3.55. The van der Waals surface area contributed by atoms with Gasteiger partial charge in [-0.1, -0.05) is 31.2 Å². The molecule has 0 radical (unpaired) electrons. The molecule has 2 atom stereocenters. The predicted molar refractivity (Wildman–Crippen MR) is 63.2 cm³/mol. The number of carbonyl (C=O) groups excluding carboxylic acids is 2. The van der Waals surface area contributed by atoms with E-state index in [9.17, 15) is 9.59 Å². The molecular weight excluding hydrogens is 214 g/mol. The van der Waals surface area contributed by atoms with Gasteiger partial charge in [-0.05, 0) is 23.5 Å². The number of hydrogen-bond donors (Lipinski definition) is 0. The molecule has 1 aliphatic carbocycles. The first kappa shape index (κ1) is 10.3. The molecule has 0 bridgehead atoms. The van der Waals surface area contributed by atoms with E-state index in [-0.39, 0.29) is 17.9 Å². The molecule has 86 valence electrons. The summed E-state index contributed by atoms with van der Waals surface area (Å²) >= 11 is 0. The lowest BCUT2D eigenvalue weighted by Crippen LogP contribution is -2.33. The van der Waals surface area contributed by atoms with Crippen molar-refractivity contribution < 1.29 is 9.59 Å². The average Bonchev–Trinajstić information content (AvgIpc) is 2.82. The zero-order valence-electron chi connectivity index (χ0n) is 9.59. The highest BCUT2D eigenvalue weighted by molar-refractivity contribution is 6.13. The summed E-state index contributed by atoms with van der Waals surface area (Å²) < 4.78 is 0. The molecule has 2 amide bonds. The fourth-order valence-electron chi connectivity index (χ4n) is 2.82. The third kappa shape index (κ3) is 1.42. The van der Waals surface area contributed by atoms with Crippen LogP contribution in [0.2, 0.25) is 0 Å². The first-order valence-corrected chi connectivity index (χ1v) is 5.82. The fourth-order valence-corrected chi connectivity index (χ4v) is 2.82. The topological polar surface area (TPSA) is 37.4 Å². The smallest absolute Gasteiger partial charge is 0.254 e. The molecule has 2 aliphatic rings. The minimum atomic E-state index is -0.191. The van der Waals surface area contributed by atoms with Gasteiger partial charge in [0.2, 0.25) is 0 Å². The van der Waals surface area contributed by atoms with Crippen LogP contribution in [0.1, 0.15) is 36.4 Å². The van der Waals surface area contributed by atoms with E-state index in [1.165, 1.54) is 22.6 Å². The SMILES string of the molecule is C[C@H]1C[C@H](N2C(=O)C=CC2=O)c2ccccc21. The molecule has 3 nitrogen and oxygen atoms in total. The average molecular weight is 227 g/mol. The van der Waals surface area contributed by atoms with Crippen molar-refractivity contribution in [3.8, 4) is 0 Å². The number of rotatable bonds is 1.